The van der Waals surface area contributed by atoms with E-state index in [1.807, 2.05) is 0 Å². The van der Waals surface area contributed by atoms with Gasteiger partial charge in [0.1, 0.15) is 5.78 Å². The highest BCUT2D eigenvalue weighted by Gasteiger charge is 2.37. The van der Waals surface area contributed by atoms with Crippen LogP contribution in [-0.4, -0.2) is 9.71 Å². The van der Waals surface area contributed by atoms with E-state index < -0.39 is 0 Å². The summed E-state index contributed by atoms with van der Waals surface area (Å²) in [4.78, 5) is 10.4. The molecule has 0 aromatic heterocycles. The SMILES string of the molecule is CC(=O)C1C[C@H]1I. The molecule has 7 heavy (non-hydrogen) atoms. The first-order valence-electron chi connectivity index (χ1n) is 2.36. The first kappa shape index (κ1) is 5.54. The summed E-state index contributed by atoms with van der Waals surface area (Å²) in [5.41, 5.74) is 0. The summed E-state index contributed by atoms with van der Waals surface area (Å²) in [6.45, 7) is 1.67. The van der Waals surface area contributed by atoms with E-state index >= 15 is 0 Å². The van der Waals surface area contributed by atoms with E-state index in [-0.39, 0.29) is 0 Å². The molecule has 1 aliphatic carbocycles. The Morgan fingerprint density at radius 1 is 1.86 bits per heavy atom. The number of carbonyl (C=O) groups excluding carboxylic acids is 1. The second kappa shape index (κ2) is 1.73. The third kappa shape index (κ3) is 1.15. The van der Waals surface area contributed by atoms with Gasteiger partial charge in [-0.25, -0.2) is 0 Å². The van der Waals surface area contributed by atoms with Gasteiger partial charge in [0, 0.05) is 9.84 Å². The molecule has 40 valence electrons. The summed E-state index contributed by atoms with van der Waals surface area (Å²) in [6, 6.07) is 0. The zero-order chi connectivity index (χ0) is 5.44. The molecule has 0 aromatic carbocycles. The van der Waals surface area contributed by atoms with E-state index in [0.29, 0.717) is 15.6 Å². The number of hydrogen-bond acceptors (Lipinski definition) is 1. The Balaban J connectivity index is 2.33. The largest absolute Gasteiger partial charge is 0.300 e. The van der Waals surface area contributed by atoms with Crippen molar-refractivity contribution in [2.75, 3.05) is 0 Å². The minimum absolute atomic E-state index is 0.361. The molecule has 0 N–H and O–H groups in total. The monoisotopic (exact) mass is 210 g/mol. The highest BCUT2D eigenvalue weighted by Crippen LogP contribution is 2.38. The van der Waals surface area contributed by atoms with Crippen LogP contribution in [0.3, 0.4) is 0 Å². The summed E-state index contributed by atoms with van der Waals surface area (Å²) >= 11 is 2.31. The topological polar surface area (TPSA) is 17.1 Å². The van der Waals surface area contributed by atoms with E-state index in [1.165, 1.54) is 0 Å². The van der Waals surface area contributed by atoms with E-state index in [2.05, 4.69) is 22.6 Å². The quantitative estimate of drug-likeness (QED) is 0.472. The fraction of sp³-hybridized carbons (Fsp3) is 0.800. The summed E-state index contributed by atoms with van der Waals surface area (Å²) in [5, 5.41) is 0. The van der Waals surface area contributed by atoms with Crippen LogP contribution >= 0.6 is 22.6 Å². The van der Waals surface area contributed by atoms with Crippen molar-refractivity contribution in [1.82, 2.24) is 0 Å². The minimum Gasteiger partial charge on any atom is -0.300 e. The number of rotatable bonds is 1. The highest BCUT2D eigenvalue weighted by atomic mass is 127. The maximum Gasteiger partial charge on any atom is 0.133 e. The molecule has 1 unspecified atom stereocenters. The van der Waals surface area contributed by atoms with Crippen LogP contribution in [0.15, 0.2) is 0 Å². The lowest BCUT2D eigenvalue weighted by Gasteiger charge is -1.79. The highest BCUT2D eigenvalue weighted by molar-refractivity contribution is 14.1. The Kier molecular flexibility index (Phi) is 1.36. The smallest absolute Gasteiger partial charge is 0.133 e. The van der Waals surface area contributed by atoms with Crippen molar-refractivity contribution in [2.24, 2.45) is 5.92 Å². The first-order chi connectivity index (χ1) is 3.22. The third-order valence-electron chi connectivity index (χ3n) is 1.23. The molecule has 1 aliphatic rings. The Morgan fingerprint density at radius 2 is 2.29 bits per heavy atom. The zero-order valence-electron chi connectivity index (χ0n) is 4.15. The van der Waals surface area contributed by atoms with Gasteiger partial charge < -0.3 is 0 Å². The standard InChI is InChI=1S/C5H7IO/c1-3(7)4-2-5(4)6/h4-5H,2H2,1H3/t4?,5-/m1/s1. The molecule has 0 heterocycles. The van der Waals surface area contributed by atoms with Crippen molar-refractivity contribution in [3.63, 3.8) is 0 Å². The lowest BCUT2D eigenvalue weighted by molar-refractivity contribution is -0.118. The molecule has 0 aromatic rings. The fourth-order valence-corrected chi connectivity index (χ4v) is 1.64. The minimum atomic E-state index is 0.361. The number of carbonyl (C=O) groups is 1. The van der Waals surface area contributed by atoms with Gasteiger partial charge in [0.05, 0.1) is 0 Å². The molecule has 0 radical (unpaired) electrons. The molecule has 0 aliphatic heterocycles. The Morgan fingerprint density at radius 3 is 2.29 bits per heavy atom. The van der Waals surface area contributed by atoms with Gasteiger partial charge in [0.2, 0.25) is 0 Å². The molecular weight excluding hydrogens is 203 g/mol. The van der Waals surface area contributed by atoms with Crippen LogP contribution in [0, 0.1) is 5.92 Å². The van der Waals surface area contributed by atoms with E-state index in [1.54, 1.807) is 6.92 Å². The molecule has 0 saturated heterocycles. The van der Waals surface area contributed by atoms with E-state index in [4.69, 9.17) is 0 Å². The third-order valence-corrected chi connectivity index (χ3v) is 2.61. The van der Waals surface area contributed by atoms with Crippen LogP contribution in [0.5, 0.6) is 0 Å². The fourth-order valence-electron chi connectivity index (χ4n) is 0.585. The predicted molar refractivity (Wildman–Crippen MR) is 36.6 cm³/mol. The predicted octanol–water partition coefficient (Wildman–Crippen LogP) is 1.40. The van der Waals surface area contributed by atoms with Gasteiger partial charge in [-0.15, -0.1) is 0 Å². The van der Waals surface area contributed by atoms with Crippen LogP contribution in [0.25, 0.3) is 0 Å². The molecule has 1 nitrogen and oxygen atoms in total. The molecule has 1 fully saturated rings. The van der Waals surface area contributed by atoms with Gasteiger partial charge in [0.15, 0.2) is 0 Å². The molecule has 2 heteroatoms. The van der Waals surface area contributed by atoms with Gasteiger partial charge in [-0.1, -0.05) is 22.6 Å². The molecule has 2 atom stereocenters. The Labute approximate surface area is 56.6 Å². The maximum atomic E-state index is 10.4. The van der Waals surface area contributed by atoms with E-state index in [0.717, 1.165) is 6.42 Å². The normalized spacial score (nSPS) is 38.0. The summed E-state index contributed by atoms with van der Waals surface area (Å²) < 4.78 is 0.662. The summed E-state index contributed by atoms with van der Waals surface area (Å²) in [5.74, 6) is 0.778. The Bertz CT molecular complexity index is 100. The maximum absolute atomic E-state index is 10.4. The molecular formula is C5H7IO. The first-order valence-corrected chi connectivity index (χ1v) is 3.61. The van der Waals surface area contributed by atoms with Crippen LogP contribution in [-0.2, 0) is 4.79 Å². The number of Topliss-reactive ketones (excluding diaryl/α,β-unsaturated/α-hetero) is 1. The van der Waals surface area contributed by atoms with Crippen molar-refractivity contribution >= 4 is 28.4 Å². The number of ketones is 1. The van der Waals surface area contributed by atoms with Crippen molar-refractivity contribution in [1.29, 1.82) is 0 Å². The second-order valence-corrected chi connectivity index (χ2v) is 3.57. The number of alkyl halides is 1. The van der Waals surface area contributed by atoms with Crippen LogP contribution < -0.4 is 0 Å². The van der Waals surface area contributed by atoms with Crippen molar-refractivity contribution in [3.05, 3.63) is 0 Å². The van der Waals surface area contributed by atoms with Crippen LogP contribution in [0.4, 0.5) is 0 Å². The lowest BCUT2D eigenvalue weighted by atomic mass is 10.3. The zero-order valence-corrected chi connectivity index (χ0v) is 6.31. The molecule has 0 bridgehead atoms. The molecule has 1 rings (SSSR count). The summed E-state index contributed by atoms with van der Waals surface area (Å²) in [6.07, 6.45) is 1.12. The second-order valence-electron chi connectivity index (χ2n) is 1.97. The molecule has 0 amide bonds. The van der Waals surface area contributed by atoms with Gasteiger partial charge in [0.25, 0.3) is 0 Å². The Hall–Kier alpha value is 0.400. The van der Waals surface area contributed by atoms with Crippen LogP contribution in [0.1, 0.15) is 13.3 Å². The van der Waals surface area contributed by atoms with Crippen molar-refractivity contribution in [3.8, 4) is 0 Å². The number of halogens is 1. The molecule has 0 spiro atoms. The average Bonchev–Trinajstić information content (AvgIpc) is 2.17. The van der Waals surface area contributed by atoms with Crippen LogP contribution in [0.2, 0.25) is 0 Å². The van der Waals surface area contributed by atoms with Gasteiger partial charge in [-0.2, -0.15) is 0 Å². The van der Waals surface area contributed by atoms with Crippen molar-refractivity contribution < 1.29 is 4.79 Å². The van der Waals surface area contributed by atoms with Crippen molar-refractivity contribution in [2.45, 2.75) is 17.3 Å². The lowest BCUT2D eigenvalue weighted by Crippen LogP contribution is -1.92. The number of hydrogen-bond donors (Lipinski definition) is 0. The summed E-state index contributed by atoms with van der Waals surface area (Å²) in [7, 11) is 0. The average molecular weight is 210 g/mol. The van der Waals surface area contributed by atoms with Gasteiger partial charge in [-0.05, 0) is 13.3 Å². The van der Waals surface area contributed by atoms with Gasteiger partial charge >= 0.3 is 0 Å². The van der Waals surface area contributed by atoms with E-state index in [9.17, 15) is 4.79 Å². The van der Waals surface area contributed by atoms with Gasteiger partial charge in [-0.3, -0.25) is 4.79 Å². The molecule has 1 saturated carbocycles.